The Labute approximate surface area is 187 Å². The summed E-state index contributed by atoms with van der Waals surface area (Å²) in [4.78, 5) is 19.7. The molecule has 2 heterocycles. The van der Waals surface area contributed by atoms with Gasteiger partial charge in [0.15, 0.2) is 0 Å². The molecule has 0 N–H and O–H groups in total. The molecule has 5 rings (SSSR count). The fourth-order valence-corrected chi connectivity index (χ4v) is 5.19. The van der Waals surface area contributed by atoms with Gasteiger partial charge in [0.1, 0.15) is 11.6 Å². The zero-order valence-electron chi connectivity index (χ0n) is 18.6. The lowest BCUT2D eigenvalue weighted by atomic mass is 9.94. The van der Waals surface area contributed by atoms with Crippen LogP contribution in [0.3, 0.4) is 0 Å². The van der Waals surface area contributed by atoms with Crippen molar-refractivity contribution in [2.75, 3.05) is 13.7 Å². The van der Waals surface area contributed by atoms with Crippen molar-refractivity contribution in [3.63, 3.8) is 0 Å². The molecule has 2 aromatic rings. The van der Waals surface area contributed by atoms with Crippen molar-refractivity contribution in [3.8, 4) is 0 Å². The van der Waals surface area contributed by atoms with Crippen molar-refractivity contribution < 1.29 is 13.9 Å². The summed E-state index contributed by atoms with van der Waals surface area (Å²) in [7, 11) is 1.68. The van der Waals surface area contributed by atoms with Gasteiger partial charge in [-0.1, -0.05) is 12.1 Å². The highest BCUT2D eigenvalue weighted by molar-refractivity contribution is 5.95. The molecule has 0 radical (unpaired) electrons. The first-order valence-corrected chi connectivity index (χ1v) is 11.3. The molecule has 5 nitrogen and oxygen atoms in total. The van der Waals surface area contributed by atoms with Crippen LogP contribution in [0, 0.1) is 12.7 Å². The van der Waals surface area contributed by atoms with E-state index in [4.69, 9.17) is 4.74 Å². The number of piperidine rings is 1. The molecule has 1 saturated heterocycles. The molecule has 0 spiro atoms. The smallest absolute Gasteiger partial charge is 0.250 e. The average Bonchev–Trinajstić information content (AvgIpc) is 3.41. The SMILES string of the molecule is COC1=C(n2cnc(C)c2)CCC(/C=C2\CCCN([C@@H]3CCc4ccc(F)cc43)C2=O)=C1. The number of benzene rings is 1. The monoisotopic (exact) mass is 433 g/mol. The Kier molecular flexibility index (Phi) is 5.45. The van der Waals surface area contributed by atoms with E-state index in [1.807, 2.05) is 47.1 Å². The third kappa shape index (κ3) is 3.78. The minimum absolute atomic E-state index is 0.0252. The van der Waals surface area contributed by atoms with E-state index in [9.17, 15) is 9.18 Å². The van der Waals surface area contributed by atoms with Crippen LogP contribution in [0.4, 0.5) is 4.39 Å². The van der Waals surface area contributed by atoms with E-state index in [0.29, 0.717) is 0 Å². The van der Waals surface area contributed by atoms with Gasteiger partial charge in [-0.15, -0.1) is 0 Å². The van der Waals surface area contributed by atoms with Crippen LogP contribution in [0.15, 0.2) is 59.8 Å². The second-order valence-electron chi connectivity index (χ2n) is 8.83. The second-order valence-corrected chi connectivity index (χ2v) is 8.83. The molecule has 166 valence electrons. The van der Waals surface area contributed by atoms with E-state index in [1.165, 1.54) is 6.07 Å². The average molecular weight is 434 g/mol. The molecule has 2 aliphatic carbocycles. The van der Waals surface area contributed by atoms with Crippen LogP contribution in [0.5, 0.6) is 0 Å². The van der Waals surface area contributed by atoms with Gasteiger partial charge in [-0.05, 0) is 80.4 Å². The Morgan fingerprint density at radius 3 is 2.88 bits per heavy atom. The second kappa shape index (κ2) is 8.41. The number of likely N-dealkylation sites (tertiary alicyclic amines) is 1. The van der Waals surface area contributed by atoms with Crippen LogP contribution in [0.1, 0.15) is 55.0 Å². The number of carbonyl (C=O) groups is 1. The Morgan fingerprint density at radius 1 is 1.22 bits per heavy atom. The zero-order valence-corrected chi connectivity index (χ0v) is 18.6. The minimum atomic E-state index is -0.231. The summed E-state index contributed by atoms with van der Waals surface area (Å²) in [5, 5.41) is 0. The number of carbonyl (C=O) groups excluding carboxylic acids is 1. The van der Waals surface area contributed by atoms with Gasteiger partial charge in [0.05, 0.1) is 30.9 Å². The van der Waals surface area contributed by atoms with E-state index < -0.39 is 0 Å². The number of imidazole rings is 1. The standard InChI is InChI=1S/C26H28FN3O2/c1-17-15-29(16-28-17)24-9-5-18(13-25(24)32-2)12-20-4-3-11-30(26(20)31)23-10-7-19-6-8-21(27)14-22(19)23/h6,8,12-16,23H,3-5,7,9-11H2,1-2H3/b20-12+/t23-/m1/s1. The van der Waals surface area contributed by atoms with E-state index in [2.05, 4.69) is 4.98 Å². The molecule has 0 bridgehead atoms. The number of ether oxygens (including phenoxy) is 1. The Bertz CT molecular complexity index is 1160. The predicted molar refractivity (Wildman–Crippen MR) is 121 cm³/mol. The molecule has 0 unspecified atom stereocenters. The van der Waals surface area contributed by atoms with Crippen molar-refractivity contribution in [3.05, 3.63) is 82.4 Å². The van der Waals surface area contributed by atoms with Crippen molar-refractivity contribution in [2.24, 2.45) is 0 Å². The summed E-state index contributed by atoms with van der Waals surface area (Å²) in [6.07, 6.45) is 13.0. The summed E-state index contributed by atoms with van der Waals surface area (Å²) in [6.45, 7) is 2.69. The molecular formula is C26H28FN3O2. The normalized spacial score (nSPS) is 22.4. The topological polar surface area (TPSA) is 47.4 Å². The van der Waals surface area contributed by atoms with Crippen LogP contribution in [-0.4, -0.2) is 34.0 Å². The van der Waals surface area contributed by atoms with Crippen LogP contribution < -0.4 is 0 Å². The van der Waals surface area contributed by atoms with Crippen molar-refractivity contribution in [1.82, 2.24) is 14.5 Å². The molecule has 1 aromatic carbocycles. The molecule has 6 heteroatoms. The highest BCUT2D eigenvalue weighted by Crippen LogP contribution is 2.39. The summed E-state index contributed by atoms with van der Waals surface area (Å²) in [6, 6.07) is 4.96. The van der Waals surface area contributed by atoms with Crippen LogP contribution in [0.25, 0.3) is 5.70 Å². The van der Waals surface area contributed by atoms with E-state index >= 15 is 0 Å². The third-order valence-electron chi connectivity index (χ3n) is 6.77. The van der Waals surface area contributed by atoms with Crippen molar-refractivity contribution >= 4 is 11.6 Å². The number of hydrogen-bond acceptors (Lipinski definition) is 3. The number of halogens is 1. The maximum Gasteiger partial charge on any atom is 0.250 e. The van der Waals surface area contributed by atoms with E-state index in [-0.39, 0.29) is 17.8 Å². The highest BCUT2D eigenvalue weighted by Gasteiger charge is 2.34. The van der Waals surface area contributed by atoms with Gasteiger partial charge in [0.2, 0.25) is 5.91 Å². The first kappa shape index (κ1) is 20.7. The number of fused-ring (bicyclic) bond motifs is 1. The molecule has 1 aliphatic heterocycles. The predicted octanol–water partition coefficient (Wildman–Crippen LogP) is 5.10. The van der Waals surface area contributed by atoms with Gasteiger partial charge in [-0.3, -0.25) is 4.79 Å². The van der Waals surface area contributed by atoms with Gasteiger partial charge < -0.3 is 14.2 Å². The first-order chi connectivity index (χ1) is 15.5. The number of rotatable bonds is 4. The van der Waals surface area contributed by atoms with E-state index in [0.717, 1.165) is 84.5 Å². The first-order valence-electron chi connectivity index (χ1n) is 11.3. The molecule has 32 heavy (non-hydrogen) atoms. The number of allylic oxidation sites excluding steroid dienone is 4. The van der Waals surface area contributed by atoms with Crippen LogP contribution in [-0.2, 0) is 16.0 Å². The highest BCUT2D eigenvalue weighted by atomic mass is 19.1. The van der Waals surface area contributed by atoms with Gasteiger partial charge in [-0.2, -0.15) is 0 Å². The fourth-order valence-electron chi connectivity index (χ4n) is 5.19. The number of aromatic nitrogens is 2. The maximum absolute atomic E-state index is 13.9. The number of nitrogens with zero attached hydrogens (tertiary/aromatic N) is 3. The molecule has 3 aliphatic rings. The van der Waals surface area contributed by atoms with Crippen molar-refractivity contribution in [1.29, 1.82) is 0 Å². The van der Waals surface area contributed by atoms with Crippen LogP contribution in [0.2, 0.25) is 0 Å². The van der Waals surface area contributed by atoms with E-state index in [1.54, 1.807) is 13.2 Å². The summed E-state index contributed by atoms with van der Waals surface area (Å²) >= 11 is 0. The fraction of sp³-hybridized carbons (Fsp3) is 0.385. The minimum Gasteiger partial charge on any atom is -0.495 e. The van der Waals surface area contributed by atoms with Gasteiger partial charge >= 0.3 is 0 Å². The molecule has 1 aromatic heterocycles. The quantitative estimate of drug-likeness (QED) is 0.630. The number of hydrogen-bond donors (Lipinski definition) is 0. The van der Waals surface area contributed by atoms with Gasteiger partial charge in [0, 0.05) is 18.3 Å². The Hall–Kier alpha value is -3.15. The zero-order chi connectivity index (χ0) is 22.2. The molecule has 1 atom stereocenters. The van der Waals surface area contributed by atoms with Crippen LogP contribution >= 0.6 is 0 Å². The molecule has 1 amide bonds. The molecule has 0 saturated carbocycles. The number of aryl methyl sites for hydroxylation is 2. The Morgan fingerprint density at radius 2 is 2.09 bits per heavy atom. The maximum atomic E-state index is 13.9. The summed E-state index contributed by atoms with van der Waals surface area (Å²) in [5.41, 5.74) is 6.12. The third-order valence-corrected chi connectivity index (χ3v) is 6.77. The number of methoxy groups -OCH3 is 1. The molecular weight excluding hydrogens is 405 g/mol. The Balaban J connectivity index is 1.40. The van der Waals surface area contributed by atoms with Gasteiger partial charge in [-0.25, -0.2) is 9.37 Å². The summed E-state index contributed by atoms with van der Waals surface area (Å²) in [5.74, 6) is 0.657. The number of amides is 1. The summed E-state index contributed by atoms with van der Waals surface area (Å²) < 4.78 is 21.5. The lowest BCUT2D eigenvalue weighted by Gasteiger charge is -2.34. The molecule has 1 fully saturated rings. The van der Waals surface area contributed by atoms with Crippen molar-refractivity contribution in [2.45, 2.75) is 51.5 Å². The lowest BCUT2D eigenvalue weighted by Crippen LogP contribution is -2.39. The van der Waals surface area contributed by atoms with Gasteiger partial charge in [0.25, 0.3) is 0 Å². The largest absolute Gasteiger partial charge is 0.495 e. The lowest BCUT2D eigenvalue weighted by molar-refractivity contribution is -0.131.